The molecule has 3 unspecified atom stereocenters. The zero-order valence-electron chi connectivity index (χ0n) is 16.3. The van der Waals surface area contributed by atoms with Gasteiger partial charge in [-0.25, -0.2) is 4.79 Å². The summed E-state index contributed by atoms with van der Waals surface area (Å²) < 4.78 is 0. The van der Waals surface area contributed by atoms with E-state index in [-0.39, 0.29) is 12.2 Å². The van der Waals surface area contributed by atoms with E-state index in [1.807, 2.05) is 5.32 Å². The molecule has 0 spiro atoms. The summed E-state index contributed by atoms with van der Waals surface area (Å²) in [4.78, 5) is 58.5. The fourth-order valence-electron chi connectivity index (χ4n) is 2.44. The predicted octanol–water partition coefficient (Wildman–Crippen LogP) is -3.10. The van der Waals surface area contributed by atoms with Crippen LogP contribution in [0.1, 0.15) is 12.0 Å². The zero-order chi connectivity index (χ0) is 23.6. The van der Waals surface area contributed by atoms with Crippen LogP contribution in [-0.4, -0.2) is 81.4 Å². The smallest absolute Gasteiger partial charge is 0.326 e. The molecule has 0 aliphatic carbocycles. The third-order valence-electron chi connectivity index (χ3n) is 4.02. The number of aliphatic hydroxyl groups is 1. The van der Waals surface area contributed by atoms with Crippen molar-refractivity contribution in [1.29, 1.82) is 0 Å². The summed E-state index contributed by atoms with van der Waals surface area (Å²) in [6.07, 6.45) is -1.06. The number of phenolic OH excluding ortho intramolecular Hbond substituents is 1. The van der Waals surface area contributed by atoms with Crippen LogP contribution < -0.4 is 21.7 Å². The molecule has 1 aromatic rings. The van der Waals surface area contributed by atoms with E-state index >= 15 is 0 Å². The molecule has 0 radical (unpaired) electrons. The second-order valence-electron chi connectivity index (χ2n) is 6.44. The summed E-state index contributed by atoms with van der Waals surface area (Å²) in [5.74, 6) is -5.79. The minimum Gasteiger partial charge on any atom is -0.508 e. The average Bonchev–Trinajstić information content (AvgIpc) is 2.71. The number of carbonyl (C=O) groups is 5. The number of carboxylic acid groups (broad SMARTS) is 2. The Labute approximate surface area is 176 Å². The molecule has 1 rings (SSSR count). The lowest BCUT2D eigenvalue weighted by molar-refractivity contribution is -0.147. The molecule has 170 valence electrons. The molecule has 0 bridgehead atoms. The standard InChI is InChI=1S/C18H24N4O9/c19-7-14(25)20-13(8-23)17(29)21-11(5-9-1-3-10(24)4-2-9)16(28)22-12(18(30)31)6-15(26)27/h1-4,11-13,23-24H,5-8,19H2,(H,20,25)(H,21,29)(H,22,28)(H,26,27)(H,30,31). The Morgan fingerprint density at radius 2 is 1.42 bits per heavy atom. The lowest BCUT2D eigenvalue weighted by Crippen LogP contribution is -2.57. The van der Waals surface area contributed by atoms with Gasteiger partial charge in [0.25, 0.3) is 0 Å². The molecule has 3 atom stereocenters. The van der Waals surface area contributed by atoms with Crippen LogP contribution in [0, 0.1) is 0 Å². The van der Waals surface area contributed by atoms with Crippen molar-refractivity contribution in [2.75, 3.05) is 13.2 Å². The number of aliphatic hydroxyl groups excluding tert-OH is 1. The molecule has 0 fully saturated rings. The second-order valence-corrected chi connectivity index (χ2v) is 6.44. The normalized spacial score (nSPS) is 13.4. The van der Waals surface area contributed by atoms with Crippen LogP contribution in [0.3, 0.4) is 0 Å². The van der Waals surface area contributed by atoms with E-state index in [9.17, 15) is 34.2 Å². The maximum Gasteiger partial charge on any atom is 0.326 e. The van der Waals surface area contributed by atoms with Crippen LogP contribution >= 0.6 is 0 Å². The lowest BCUT2D eigenvalue weighted by atomic mass is 10.0. The fourth-order valence-corrected chi connectivity index (χ4v) is 2.44. The second kappa shape index (κ2) is 12.1. The minimum atomic E-state index is -1.75. The highest BCUT2D eigenvalue weighted by Gasteiger charge is 2.30. The summed E-state index contributed by atoms with van der Waals surface area (Å²) in [5.41, 5.74) is 5.62. The van der Waals surface area contributed by atoms with Gasteiger partial charge in [0.05, 0.1) is 19.6 Å². The molecule has 0 saturated carbocycles. The lowest BCUT2D eigenvalue weighted by Gasteiger charge is -2.23. The predicted molar refractivity (Wildman–Crippen MR) is 104 cm³/mol. The first-order chi connectivity index (χ1) is 14.6. The molecule has 13 nitrogen and oxygen atoms in total. The van der Waals surface area contributed by atoms with Crippen molar-refractivity contribution in [3.8, 4) is 5.75 Å². The van der Waals surface area contributed by atoms with Crippen molar-refractivity contribution in [2.45, 2.75) is 31.0 Å². The summed E-state index contributed by atoms with van der Waals surface area (Å²) in [7, 11) is 0. The molecular formula is C18H24N4O9. The number of benzene rings is 1. The maximum absolute atomic E-state index is 12.6. The number of carbonyl (C=O) groups excluding carboxylic acids is 3. The van der Waals surface area contributed by atoms with Gasteiger partial charge >= 0.3 is 11.9 Å². The molecule has 3 amide bonds. The number of carboxylic acids is 2. The van der Waals surface area contributed by atoms with Gasteiger partial charge in [-0.2, -0.15) is 0 Å². The Morgan fingerprint density at radius 3 is 1.90 bits per heavy atom. The molecule has 1 aromatic carbocycles. The van der Waals surface area contributed by atoms with Gasteiger partial charge in [0.15, 0.2) is 0 Å². The van der Waals surface area contributed by atoms with Crippen LogP contribution in [0.5, 0.6) is 5.75 Å². The van der Waals surface area contributed by atoms with E-state index in [1.54, 1.807) is 0 Å². The van der Waals surface area contributed by atoms with Gasteiger partial charge in [0.2, 0.25) is 17.7 Å². The van der Waals surface area contributed by atoms with Crippen molar-refractivity contribution in [1.82, 2.24) is 16.0 Å². The first-order valence-corrected chi connectivity index (χ1v) is 9.00. The van der Waals surface area contributed by atoms with Crippen molar-refractivity contribution in [3.05, 3.63) is 29.8 Å². The number of nitrogens with one attached hydrogen (secondary N) is 3. The Balaban J connectivity index is 3.06. The van der Waals surface area contributed by atoms with Crippen molar-refractivity contribution in [2.24, 2.45) is 5.73 Å². The maximum atomic E-state index is 12.6. The van der Waals surface area contributed by atoms with E-state index in [0.717, 1.165) is 0 Å². The first-order valence-electron chi connectivity index (χ1n) is 9.00. The molecule has 13 heteroatoms. The Bertz CT molecular complexity index is 813. The fraction of sp³-hybridized carbons (Fsp3) is 0.389. The average molecular weight is 440 g/mol. The number of phenols is 1. The molecule has 0 aromatic heterocycles. The van der Waals surface area contributed by atoms with Crippen molar-refractivity contribution in [3.63, 3.8) is 0 Å². The van der Waals surface area contributed by atoms with E-state index in [0.29, 0.717) is 5.56 Å². The van der Waals surface area contributed by atoms with Crippen molar-refractivity contribution < 1.29 is 44.4 Å². The minimum absolute atomic E-state index is 0.0500. The number of aliphatic carboxylic acids is 2. The third-order valence-corrected chi connectivity index (χ3v) is 4.02. The molecule has 9 N–H and O–H groups in total. The molecular weight excluding hydrogens is 416 g/mol. The SMILES string of the molecule is NCC(=O)NC(CO)C(=O)NC(Cc1ccc(O)cc1)C(=O)NC(CC(=O)O)C(=O)O. The monoisotopic (exact) mass is 440 g/mol. The largest absolute Gasteiger partial charge is 0.508 e. The van der Waals surface area contributed by atoms with Crippen LogP contribution in [-0.2, 0) is 30.4 Å². The van der Waals surface area contributed by atoms with Crippen LogP contribution in [0.25, 0.3) is 0 Å². The summed E-state index contributed by atoms with van der Waals surface area (Å²) >= 11 is 0. The van der Waals surface area contributed by atoms with Crippen LogP contribution in [0.4, 0.5) is 0 Å². The molecule has 0 aliphatic rings. The number of aromatic hydroxyl groups is 1. The van der Waals surface area contributed by atoms with Crippen LogP contribution in [0.2, 0.25) is 0 Å². The number of rotatable bonds is 12. The molecule has 31 heavy (non-hydrogen) atoms. The highest BCUT2D eigenvalue weighted by Crippen LogP contribution is 2.12. The van der Waals surface area contributed by atoms with Gasteiger partial charge in [-0.15, -0.1) is 0 Å². The number of nitrogens with two attached hydrogens (primary N) is 1. The Morgan fingerprint density at radius 1 is 0.871 bits per heavy atom. The Kier molecular flexibility index (Phi) is 9.88. The highest BCUT2D eigenvalue weighted by molar-refractivity contribution is 5.94. The van der Waals surface area contributed by atoms with E-state index in [1.165, 1.54) is 24.3 Å². The van der Waals surface area contributed by atoms with E-state index in [2.05, 4.69) is 10.6 Å². The van der Waals surface area contributed by atoms with Gasteiger partial charge in [-0.05, 0) is 17.7 Å². The summed E-state index contributed by atoms with van der Waals surface area (Å²) in [6.45, 7) is -1.25. The zero-order valence-corrected chi connectivity index (χ0v) is 16.3. The van der Waals surface area contributed by atoms with Gasteiger partial charge in [-0.1, -0.05) is 12.1 Å². The Hall–Kier alpha value is -3.71. The van der Waals surface area contributed by atoms with E-state index < -0.39 is 67.4 Å². The van der Waals surface area contributed by atoms with Crippen LogP contribution in [0.15, 0.2) is 24.3 Å². The van der Waals surface area contributed by atoms with Crippen molar-refractivity contribution >= 4 is 29.7 Å². The topological polar surface area (TPSA) is 228 Å². The number of hydrogen-bond acceptors (Lipinski definition) is 8. The highest BCUT2D eigenvalue weighted by atomic mass is 16.4. The third kappa shape index (κ3) is 8.67. The molecule has 0 aliphatic heterocycles. The van der Waals surface area contributed by atoms with Gasteiger partial charge in [0, 0.05) is 6.42 Å². The van der Waals surface area contributed by atoms with E-state index in [4.69, 9.17) is 15.9 Å². The summed E-state index contributed by atoms with van der Waals surface area (Å²) in [6, 6.07) is 0.983. The number of hydrogen-bond donors (Lipinski definition) is 8. The molecule has 0 saturated heterocycles. The van der Waals surface area contributed by atoms with Gasteiger partial charge in [0.1, 0.15) is 23.9 Å². The first kappa shape index (κ1) is 25.3. The van der Waals surface area contributed by atoms with Gasteiger partial charge in [-0.3, -0.25) is 19.2 Å². The van der Waals surface area contributed by atoms with Gasteiger partial charge < -0.3 is 42.1 Å². The number of amides is 3. The quantitative estimate of drug-likeness (QED) is 0.163. The molecule has 0 heterocycles. The summed E-state index contributed by atoms with van der Waals surface area (Å²) in [5, 5.41) is 43.1.